The highest BCUT2D eigenvalue weighted by atomic mass is 32.2. The van der Waals surface area contributed by atoms with Crippen molar-refractivity contribution in [2.45, 2.75) is 18.7 Å². The van der Waals surface area contributed by atoms with Gasteiger partial charge in [-0.25, -0.2) is 28.3 Å². The first-order valence-corrected chi connectivity index (χ1v) is 10.0. The molecule has 0 atom stereocenters. The molecule has 0 aliphatic carbocycles. The molecule has 9 nitrogen and oxygen atoms in total. The molecule has 150 valence electrons. The minimum absolute atomic E-state index is 0.143. The molecule has 3 aromatic rings. The van der Waals surface area contributed by atoms with Gasteiger partial charge in [-0.2, -0.15) is 0 Å². The monoisotopic (exact) mass is 414 g/mol. The van der Waals surface area contributed by atoms with Crippen molar-refractivity contribution in [3.63, 3.8) is 0 Å². The molecule has 0 saturated heterocycles. The molecule has 1 amide bonds. The smallest absolute Gasteiger partial charge is 0.338 e. The molecule has 0 unspecified atom stereocenters. The van der Waals surface area contributed by atoms with E-state index in [1.165, 1.54) is 24.3 Å². The number of hydrogen-bond acceptors (Lipinski definition) is 7. The number of fused-ring (bicyclic) bond motifs is 1. The van der Waals surface area contributed by atoms with Gasteiger partial charge in [-0.3, -0.25) is 4.79 Å². The number of hydrogen-bond donors (Lipinski definition) is 2. The van der Waals surface area contributed by atoms with Crippen LogP contribution in [0.1, 0.15) is 21.7 Å². The van der Waals surface area contributed by atoms with Crippen LogP contribution in [-0.2, 0) is 19.6 Å². The molecular formula is C19H18N4O5S. The molecule has 0 bridgehead atoms. The van der Waals surface area contributed by atoms with Gasteiger partial charge in [-0.1, -0.05) is 6.07 Å². The molecule has 3 rings (SSSR count). The number of nitrogens with one attached hydrogen (secondary N) is 1. The van der Waals surface area contributed by atoms with Crippen LogP contribution >= 0.6 is 0 Å². The van der Waals surface area contributed by atoms with Crippen LogP contribution in [0.15, 0.2) is 47.4 Å². The summed E-state index contributed by atoms with van der Waals surface area (Å²) < 4.78 is 27.7. The average molecular weight is 414 g/mol. The zero-order chi connectivity index (χ0) is 21.2. The van der Waals surface area contributed by atoms with Gasteiger partial charge in [0.2, 0.25) is 10.0 Å². The van der Waals surface area contributed by atoms with E-state index >= 15 is 0 Å². The number of primary sulfonamides is 1. The lowest BCUT2D eigenvalue weighted by Crippen LogP contribution is -2.21. The standard InChI is InChI=1S/C19H18N4O5S/c1-11-12(2)22-17-8-13(6-7-16(17)21-11)19(25)28-10-18(24)23-14-4-3-5-15(9-14)29(20,26)27/h3-9H,10H2,1-2H3,(H,23,24)(H2,20,26,27). The fourth-order valence-corrected chi connectivity index (χ4v) is 3.08. The van der Waals surface area contributed by atoms with Crippen molar-refractivity contribution < 1.29 is 22.7 Å². The van der Waals surface area contributed by atoms with E-state index in [9.17, 15) is 18.0 Å². The maximum atomic E-state index is 12.2. The second-order valence-corrected chi connectivity index (χ2v) is 7.86. The third-order valence-electron chi connectivity index (χ3n) is 4.09. The van der Waals surface area contributed by atoms with Crippen LogP contribution in [0.3, 0.4) is 0 Å². The van der Waals surface area contributed by atoms with E-state index in [0.717, 1.165) is 11.4 Å². The maximum absolute atomic E-state index is 12.2. The summed E-state index contributed by atoms with van der Waals surface area (Å²) in [5.74, 6) is -1.32. The zero-order valence-corrected chi connectivity index (χ0v) is 16.5. The molecule has 0 fully saturated rings. The molecule has 1 heterocycles. The lowest BCUT2D eigenvalue weighted by Gasteiger charge is -2.08. The summed E-state index contributed by atoms with van der Waals surface area (Å²) in [6, 6.07) is 10.2. The van der Waals surface area contributed by atoms with Crippen molar-refractivity contribution in [3.8, 4) is 0 Å². The number of rotatable bonds is 5. The summed E-state index contributed by atoms with van der Waals surface area (Å²) in [7, 11) is -3.89. The highest BCUT2D eigenvalue weighted by molar-refractivity contribution is 7.89. The highest BCUT2D eigenvalue weighted by Crippen LogP contribution is 2.16. The number of sulfonamides is 1. The largest absolute Gasteiger partial charge is 0.452 e. The number of carbonyl (C=O) groups excluding carboxylic acids is 2. The third-order valence-corrected chi connectivity index (χ3v) is 5.00. The van der Waals surface area contributed by atoms with Gasteiger partial charge < -0.3 is 10.1 Å². The Morgan fingerprint density at radius 3 is 2.41 bits per heavy atom. The van der Waals surface area contributed by atoms with Crippen molar-refractivity contribution in [1.82, 2.24) is 9.97 Å². The Labute approximate surface area is 167 Å². The molecule has 0 spiro atoms. The predicted octanol–water partition coefficient (Wildman–Crippen LogP) is 1.69. The van der Waals surface area contributed by atoms with E-state index in [1.807, 2.05) is 13.8 Å². The SMILES string of the molecule is Cc1nc2ccc(C(=O)OCC(=O)Nc3cccc(S(N)(=O)=O)c3)cc2nc1C. The van der Waals surface area contributed by atoms with Gasteiger partial charge in [-0.05, 0) is 50.2 Å². The Morgan fingerprint density at radius 1 is 1.03 bits per heavy atom. The Kier molecular flexibility index (Phi) is 5.57. The number of ether oxygens (including phenoxy) is 1. The summed E-state index contributed by atoms with van der Waals surface area (Å²) >= 11 is 0. The molecule has 10 heteroatoms. The van der Waals surface area contributed by atoms with E-state index in [2.05, 4.69) is 15.3 Å². The number of amides is 1. The number of nitrogens with two attached hydrogens (primary N) is 1. The van der Waals surface area contributed by atoms with Gasteiger partial charge >= 0.3 is 5.97 Å². The number of nitrogens with zero attached hydrogens (tertiary/aromatic N) is 2. The second-order valence-electron chi connectivity index (χ2n) is 6.30. The molecule has 3 N–H and O–H groups in total. The van der Waals surface area contributed by atoms with Gasteiger partial charge in [0.25, 0.3) is 5.91 Å². The summed E-state index contributed by atoms with van der Waals surface area (Å²) in [5.41, 5.74) is 3.20. The summed E-state index contributed by atoms with van der Waals surface area (Å²) in [4.78, 5) is 32.9. The summed E-state index contributed by atoms with van der Waals surface area (Å²) in [5, 5.41) is 7.50. The fourth-order valence-electron chi connectivity index (χ4n) is 2.52. The van der Waals surface area contributed by atoms with E-state index in [0.29, 0.717) is 11.0 Å². The topological polar surface area (TPSA) is 141 Å². The molecule has 0 aliphatic rings. The quantitative estimate of drug-likeness (QED) is 0.605. The molecular weight excluding hydrogens is 396 g/mol. The van der Waals surface area contributed by atoms with Gasteiger partial charge in [0.15, 0.2) is 6.61 Å². The van der Waals surface area contributed by atoms with Crippen molar-refractivity contribution in [2.24, 2.45) is 5.14 Å². The lowest BCUT2D eigenvalue weighted by atomic mass is 10.2. The average Bonchev–Trinajstić information content (AvgIpc) is 2.66. The fraction of sp³-hybridized carbons (Fsp3) is 0.158. The van der Waals surface area contributed by atoms with Crippen LogP contribution in [0, 0.1) is 13.8 Å². The predicted molar refractivity (Wildman–Crippen MR) is 106 cm³/mol. The van der Waals surface area contributed by atoms with Crippen LogP contribution < -0.4 is 10.5 Å². The molecule has 0 radical (unpaired) electrons. The number of anilines is 1. The van der Waals surface area contributed by atoms with Crippen LogP contribution in [0.2, 0.25) is 0 Å². The minimum atomic E-state index is -3.89. The van der Waals surface area contributed by atoms with Crippen molar-refractivity contribution >= 4 is 38.6 Å². The Bertz CT molecular complexity index is 1220. The third kappa shape index (κ3) is 4.92. The molecule has 2 aromatic carbocycles. The van der Waals surface area contributed by atoms with Crippen LogP contribution in [0.4, 0.5) is 5.69 Å². The van der Waals surface area contributed by atoms with Gasteiger partial charge in [0.1, 0.15) is 0 Å². The molecule has 1 aromatic heterocycles. The molecule has 0 saturated carbocycles. The van der Waals surface area contributed by atoms with Crippen molar-refractivity contribution in [1.29, 1.82) is 0 Å². The van der Waals surface area contributed by atoms with Crippen LogP contribution in [0.5, 0.6) is 0 Å². The van der Waals surface area contributed by atoms with E-state index in [-0.39, 0.29) is 16.1 Å². The lowest BCUT2D eigenvalue weighted by molar-refractivity contribution is -0.119. The van der Waals surface area contributed by atoms with E-state index in [1.54, 1.807) is 18.2 Å². The van der Waals surface area contributed by atoms with Crippen LogP contribution in [-0.4, -0.2) is 36.9 Å². The minimum Gasteiger partial charge on any atom is -0.452 e. The first kappa shape index (κ1) is 20.4. The van der Waals surface area contributed by atoms with Crippen molar-refractivity contribution in [3.05, 3.63) is 59.4 Å². The Morgan fingerprint density at radius 2 is 1.72 bits per heavy atom. The van der Waals surface area contributed by atoms with Crippen molar-refractivity contribution in [2.75, 3.05) is 11.9 Å². The molecule has 0 aliphatic heterocycles. The maximum Gasteiger partial charge on any atom is 0.338 e. The number of esters is 1. The normalized spacial score (nSPS) is 11.3. The van der Waals surface area contributed by atoms with E-state index in [4.69, 9.17) is 9.88 Å². The van der Waals surface area contributed by atoms with Gasteiger partial charge in [-0.15, -0.1) is 0 Å². The highest BCUT2D eigenvalue weighted by Gasteiger charge is 2.13. The summed E-state index contributed by atoms with van der Waals surface area (Å²) in [6.45, 7) is 3.12. The summed E-state index contributed by atoms with van der Waals surface area (Å²) in [6.07, 6.45) is 0. The van der Waals surface area contributed by atoms with E-state index < -0.39 is 28.5 Å². The molecule has 29 heavy (non-hydrogen) atoms. The Hall–Kier alpha value is -3.37. The first-order valence-electron chi connectivity index (χ1n) is 8.48. The van der Waals surface area contributed by atoms with Gasteiger partial charge in [0, 0.05) is 5.69 Å². The number of carbonyl (C=O) groups is 2. The number of aromatic nitrogens is 2. The first-order chi connectivity index (χ1) is 13.6. The van der Waals surface area contributed by atoms with Gasteiger partial charge in [0.05, 0.1) is 32.9 Å². The Balaban J connectivity index is 1.65. The number of aryl methyl sites for hydroxylation is 2. The number of benzene rings is 2. The van der Waals surface area contributed by atoms with Crippen LogP contribution in [0.25, 0.3) is 11.0 Å². The second kappa shape index (κ2) is 7.94. The zero-order valence-electron chi connectivity index (χ0n) is 15.7.